The highest BCUT2D eigenvalue weighted by Crippen LogP contribution is 2.37. The normalized spacial score (nSPS) is 23.0. The Bertz CT molecular complexity index is 1030. The zero-order valence-corrected chi connectivity index (χ0v) is 17.8. The number of carbonyl (C=O) groups excluding carboxylic acids is 1. The summed E-state index contributed by atoms with van der Waals surface area (Å²) in [5, 5.41) is 0. The molecule has 1 aromatic carbocycles. The van der Waals surface area contributed by atoms with Gasteiger partial charge >= 0.3 is 0 Å². The van der Waals surface area contributed by atoms with Crippen molar-refractivity contribution in [3.63, 3.8) is 0 Å². The number of pyridine rings is 1. The Balaban J connectivity index is 1.16. The van der Waals surface area contributed by atoms with Crippen molar-refractivity contribution in [2.24, 2.45) is 0 Å². The molecule has 1 atom stereocenters. The Labute approximate surface area is 181 Å². The number of aromatic nitrogens is 1. The molecule has 1 amide bonds. The summed E-state index contributed by atoms with van der Waals surface area (Å²) < 4.78 is 17.4. The second-order valence-electron chi connectivity index (χ2n) is 8.88. The zero-order valence-electron chi connectivity index (χ0n) is 17.8. The van der Waals surface area contributed by atoms with Gasteiger partial charge in [0.2, 0.25) is 0 Å². The number of amides is 1. The van der Waals surface area contributed by atoms with Gasteiger partial charge in [0.05, 0.1) is 43.7 Å². The van der Waals surface area contributed by atoms with E-state index in [2.05, 4.69) is 30.0 Å². The third-order valence-electron chi connectivity index (χ3n) is 6.89. The minimum Gasteiger partial charge on any atom is -0.490 e. The van der Waals surface area contributed by atoms with Crippen LogP contribution in [0.5, 0.6) is 5.75 Å². The van der Waals surface area contributed by atoms with E-state index in [4.69, 9.17) is 19.2 Å². The SMILES string of the molecule is Cc1cc2c(nc1N1CCC(Oc3ccc4c(c3)COC4)CC1)[C@H]1COCCN1C2=O. The molecule has 2 saturated heterocycles. The number of piperidine rings is 1. The topological polar surface area (TPSA) is 64.1 Å². The lowest BCUT2D eigenvalue weighted by molar-refractivity contribution is 0.00356. The van der Waals surface area contributed by atoms with Crippen LogP contribution in [0.2, 0.25) is 0 Å². The molecule has 162 valence electrons. The first kappa shape index (κ1) is 19.1. The van der Waals surface area contributed by atoms with Gasteiger partial charge in [-0.05, 0) is 41.8 Å². The monoisotopic (exact) mass is 421 g/mol. The summed E-state index contributed by atoms with van der Waals surface area (Å²) in [6.07, 6.45) is 2.10. The molecule has 7 nitrogen and oxygen atoms in total. The van der Waals surface area contributed by atoms with Gasteiger partial charge in [0.1, 0.15) is 17.7 Å². The van der Waals surface area contributed by atoms with Crippen LogP contribution in [-0.4, -0.2) is 54.7 Å². The van der Waals surface area contributed by atoms with Gasteiger partial charge in [0.25, 0.3) is 5.91 Å². The molecule has 0 unspecified atom stereocenters. The molecule has 7 heteroatoms. The van der Waals surface area contributed by atoms with Crippen LogP contribution in [0.25, 0.3) is 0 Å². The molecule has 2 aromatic rings. The minimum atomic E-state index is -0.0414. The summed E-state index contributed by atoms with van der Waals surface area (Å²) in [6.45, 7) is 7.01. The molecule has 0 N–H and O–H groups in total. The first-order chi connectivity index (χ1) is 15.2. The van der Waals surface area contributed by atoms with E-state index in [1.165, 1.54) is 11.1 Å². The number of anilines is 1. The summed E-state index contributed by atoms with van der Waals surface area (Å²) in [5.74, 6) is 2.02. The molecule has 0 radical (unpaired) electrons. The van der Waals surface area contributed by atoms with E-state index in [0.717, 1.165) is 54.3 Å². The van der Waals surface area contributed by atoms with Crippen molar-refractivity contribution in [2.45, 2.75) is 45.1 Å². The smallest absolute Gasteiger partial charge is 0.256 e. The number of ether oxygens (including phenoxy) is 3. The van der Waals surface area contributed by atoms with E-state index in [9.17, 15) is 4.79 Å². The number of rotatable bonds is 3. The third kappa shape index (κ3) is 3.27. The van der Waals surface area contributed by atoms with Crippen molar-refractivity contribution in [3.8, 4) is 5.75 Å². The van der Waals surface area contributed by atoms with Gasteiger partial charge in [0.15, 0.2) is 0 Å². The van der Waals surface area contributed by atoms with Gasteiger partial charge in [0, 0.05) is 32.5 Å². The second kappa shape index (κ2) is 7.50. The number of hydrogen-bond donors (Lipinski definition) is 0. The summed E-state index contributed by atoms with van der Waals surface area (Å²) in [5.41, 5.74) is 5.19. The minimum absolute atomic E-state index is 0.0414. The highest BCUT2D eigenvalue weighted by molar-refractivity contribution is 5.99. The highest BCUT2D eigenvalue weighted by atomic mass is 16.5. The van der Waals surface area contributed by atoms with Gasteiger partial charge in [-0.2, -0.15) is 0 Å². The van der Waals surface area contributed by atoms with E-state index in [-0.39, 0.29) is 18.1 Å². The molecule has 0 spiro atoms. The lowest BCUT2D eigenvalue weighted by Crippen LogP contribution is -2.39. The van der Waals surface area contributed by atoms with Crippen LogP contribution in [0.15, 0.2) is 24.3 Å². The number of hydrogen-bond acceptors (Lipinski definition) is 6. The number of morpholine rings is 1. The van der Waals surface area contributed by atoms with Gasteiger partial charge < -0.3 is 24.0 Å². The van der Waals surface area contributed by atoms with Crippen LogP contribution >= 0.6 is 0 Å². The molecule has 31 heavy (non-hydrogen) atoms. The van der Waals surface area contributed by atoms with Crippen LogP contribution in [0.3, 0.4) is 0 Å². The van der Waals surface area contributed by atoms with Crippen LogP contribution in [0, 0.1) is 6.92 Å². The number of benzene rings is 1. The van der Waals surface area contributed by atoms with E-state index >= 15 is 0 Å². The Morgan fingerprint density at radius 3 is 2.77 bits per heavy atom. The molecule has 2 fully saturated rings. The highest BCUT2D eigenvalue weighted by Gasteiger charge is 2.41. The van der Waals surface area contributed by atoms with Gasteiger partial charge in [-0.3, -0.25) is 4.79 Å². The summed E-state index contributed by atoms with van der Waals surface area (Å²) in [4.78, 5) is 22.0. The second-order valence-corrected chi connectivity index (χ2v) is 8.88. The Morgan fingerprint density at radius 1 is 1.06 bits per heavy atom. The fourth-order valence-electron chi connectivity index (χ4n) is 5.19. The van der Waals surface area contributed by atoms with Gasteiger partial charge in [-0.15, -0.1) is 0 Å². The lowest BCUT2D eigenvalue weighted by Gasteiger charge is -2.34. The van der Waals surface area contributed by atoms with Crippen molar-refractivity contribution >= 4 is 11.7 Å². The van der Waals surface area contributed by atoms with Crippen LogP contribution < -0.4 is 9.64 Å². The van der Waals surface area contributed by atoms with E-state index in [1.54, 1.807) is 0 Å². The molecular formula is C24H27N3O4. The van der Waals surface area contributed by atoms with Crippen LogP contribution in [0.4, 0.5) is 5.82 Å². The largest absolute Gasteiger partial charge is 0.490 e. The predicted molar refractivity (Wildman–Crippen MR) is 114 cm³/mol. The number of fused-ring (bicyclic) bond motifs is 4. The summed E-state index contributed by atoms with van der Waals surface area (Å²) >= 11 is 0. The summed E-state index contributed by atoms with van der Waals surface area (Å²) in [7, 11) is 0. The first-order valence-corrected chi connectivity index (χ1v) is 11.2. The quantitative estimate of drug-likeness (QED) is 0.759. The van der Waals surface area contributed by atoms with Crippen molar-refractivity contribution < 1.29 is 19.0 Å². The van der Waals surface area contributed by atoms with Crippen molar-refractivity contribution in [1.29, 1.82) is 0 Å². The van der Waals surface area contributed by atoms with Crippen molar-refractivity contribution in [1.82, 2.24) is 9.88 Å². The van der Waals surface area contributed by atoms with Crippen LogP contribution in [0.1, 0.15) is 51.6 Å². The molecule has 0 aliphatic carbocycles. The molecule has 4 aliphatic rings. The summed E-state index contributed by atoms with van der Waals surface area (Å²) in [6, 6.07) is 8.27. The van der Waals surface area contributed by atoms with E-state index in [1.807, 2.05) is 11.0 Å². The Kier molecular flexibility index (Phi) is 4.61. The van der Waals surface area contributed by atoms with E-state index < -0.39 is 0 Å². The molecule has 0 bridgehead atoms. The molecule has 5 heterocycles. The van der Waals surface area contributed by atoms with Gasteiger partial charge in [-0.25, -0.2) is 4.98 Å². The number of nitrogens with zero attached hydrogens (tertiary/aromatic N) is 3. The fourth-order valence-corrected chi connectivity index (χ4v) is 5.19. The molecule has 1 aromatic heterocycles. The zero-order chi connectivity index (χ0) is 20.9. The standard InChI is InChI=1S/C24H27N3O4/c1-15-10-20-22(21-14-29-9-8-27(21)24(20)28)25-23(15)26-6-4-18(5-7-26)31-19-3-2-16-12-30-13-17(16)11-19/h2-3,10-11,18,21H,4-9,12-14H2,1H3/t21-/m1/s1. The number of aryl methyl sites for hydroxylation is 1. The van der Waals surface area contributed by atoms with Crippen molar-refractivity contribution in [2.75, 3.05) is 37.7 Å². The fraction of sp³-hybridized carbons (Fsp3) is 0.500. The first-order valence-electron chi connectivity index (χ1n) is 11.2. The molecule has 4 aliphatic heterocycles. The maximum atomic E-state index is 12.8. The Morgan fingerprint density at radius 2 is 1.90 bits per heavy atom. The maximum absolute atomic E-state index is 12.8. The molecular weight excluding hydrogens is 394 g/mol. The average molecular weight is 421 g/mol. The van der Waals surface area contributed by atoms with E-state index in [0.29, 0.717) is 33.0 Å². The van der Waals surface area contributed by atoms with Gasteiger partial charge in [-0.1, -0.05) is 6.07 Å². The Hall–Kier alpha value is -2.64. The third-order valence-corrected chi connectivity index (χ3v) is 6.89. The van der Waals surface area contributed by atoms with Crippen molar-refractivity contribution in [3.05, 3.63) is 52.2 Å². The lowest BCUT2D eigenvalue weighted by atomic mass is 10.0. The van der Waals surface area contributed by atoms with Crippen LogP contribution in [-0.2, 0) is 22.7 Å². The maximum Gasteiger partial charge on any atom is 0.256 e. The molecule has 0 saturated carbocycles. The average Bonchev–Trinajstić information content (AvgIpc) is 3.37. The molecule has 6 rings (SSSR count). The number of carbonyl (C=O) groups is 1. The predicted octanol–water partition coefficient (Wildman–Crippen LogP) is 3.00.